The lowest BCUT2D eigenvalue weighted by Gasteiger charge is -2.39. The summed E-state index contributed by atoms with van der Waals surface area (Å²) in [6, 6.07) is 6.03. The molecule has 0 spiro atoms. The molecule has 0 radical (unpaired) electrons. The second-order valence-electron chi connectivity index (χ2n) is 9.23. The quantitative estimate of drug-likeness (QED) is 0.562. The van der Waals surface area contributed by atoms with Crippen LogP contribution in [0.5, 0.6) is 28.7 Å². The number of hydrogen-bond donors (Lipinski definition) is 3. The van der Waals surface area contributed by atoms with Crippen molar-refractivity contribution in [1.82, 2.24) is 0 Å². The Balaban J connectivity index is 1.80. The Morgan fingerprint density at radius 1 is 1.13 bits per heavy atom. The number of hydrogen-bond acceptors (Lipinski definition) is 6. The Morgan fingerprint density at radius 3 is 2.45 bits per heavy atom. The Hall–Kier alpha value is -3.15. The van der Waals surface area contributed by atoms with Gasteiger partial charge in [0.25, 0.3) is 0 Å². The smallest absolute Gasteiger partial charge is 0.174 e. The number of benzene rings is 2. The zero-order valence-electron chi connectivity index (χ0n) is 18.2. The third-order valence-electron chi connectivity index (χ3n) is 5.91. The van der Waals surface area contributed by atoms with Gasteiger partial charge in [-0.3, -0.25) is 4.79 Å². The lowest BCUT2D eigenvalue weighted by molar-refractivity contribution is 0.0685. The minimum atomic E-state index is -0.864. The van der Waals surface area contributed by atoms with E-state index in [9.17, 15) is 20.1 Å². The topological polar surface area (TPSA) is 96.2 Å². The standard InChI is InChI=1S/C25H28O6/c1-13(2)8-9-14-12-25(3,4)31-20-11-19-23(24(29)21(14)20)17(28)10-18(30-19)22-15(26)6-5-7-16(22)27/h5-8,11,14,18,26-27,29H,9-10,12H2,1-4H3/t14?,18-/m0/s1. The van der Waals surface area contributed by atoms with Gasteiger partial charge in [0.05, 0.1) is 12.0 Å². The van der Waals surface area contributed by atoms with Gasteiger partial charge in [0.15, 0.2) is 5.78 Å². The molecule has 0 saturated carbocycles. The highest BCUT2D eigenvalue weighted by Gasteiger charge is 2.40. The number of phenols is 3. The van der Waals surface area contributed by atoms with E-state index in [0.29, 0.717) is 17.7 Å². The predicted molar refractivity (Wildman–Crippen MR) is 116 cm³/mol. The number of allylic oxidation sites excluding steroid dienone is 2. The van der Waals surface area contributed by atoms with Crippen LogP contribution in [-0.2, 0) is 0 Å². The van der Waals surface area contributed by atoms with Crippen LogP contribution in [0.25, 0.3) is 0 Å². The van der Waals surface area contributed by atoms with Crippen molar-refractivity contribution in [3.63, 3.8) is 0 Å². The fraction of sp³-hybridized carbons (Fsp3) is 0.400. The lowest BCUT2D eigenvalue weighted by Crippen LogP contribution is -2.35. The highest BCUT2D eigenvalue weighted by molar-refractivity contribution is 6.03. The fourth-order valence-electron chi connectivity index (χ4n) is 4.59. The van der Waals surface area contributed by atoms with Crippen LogP contribution in [0.15, 0.2) is 35.9 Å². The zero-order valence-corrected chi connectivity index (χ0v) is 18.2. The molecule has 0 aromatic heterocycles. The molecule has 0 bridgehead atoms. The van der Waals surface area contributed by atoms with Crippen LogP contribution in [0.1, 0.15) is 80.5 Å². The summed E-state index contributed by atoms with van der Waals surface area (Å²) in [7, 11) is 0. The van der Waals surface area contributed by atoms with Crippen LogP contribution in [0.3, 0.4) is 0 Å². The van der Waals surface area contributed by atoms with Gasteiger partial charge in [0.2, 0.25) is 0 Å². The molecule has 0 saturated heterocycles. The maximum absolute atomic E-state index is 13.0. The van der Waals surface area contributed by atoms with Crippen molar-refractivity contribution in [2.75, 3.05) is 0 Å². The molecule has 6 heteroatoms. The number of Topliss-reactive ketones (excluding diaryl/α,β-unsaturated/α-hetero) is 1. The van der Waals surface area contributed by atoms with E-state index in [2.05, 4.69) is 6.08 Å². The Bertz CT molecular complexity index is 1060. The predicted octanol–water partition coefficient (Wildman–Crippen LogP) is 5.51. The van der Waals surface area contributed by atoms with E-state index in [-0.39, 0.29) is 52.2 Å². The van der Waals surface area contributed by atoms with Gasteiger partial charge in [-0.2, -0.15) is 0 Å². The summed E-state index contributed by atoms with van der Waals surface area (Å²) in [6.45, 7) is 8.06. The number of aromatic hydroxyl groups is 3. The summed E-state index contributed by atoms with van der Waals surface area (Å²) in [5, 5.41) is 31.5. The first-order valence-corrected chi connectivity index (χ1v) is 10.5. The molecule has 0 aliphatic carbocycles. The molecule has 0 amide bonds. The monoisotopic (exact) mass is 424 g/mol. The van der Waals surface area contributed by atoms with E-state index in [1.807, 2.05) is 27.7 Å². The van der Waals surface area contributed by atoms with Gasteiger partial charge in [-0.1, -0.05) is 17.7 Å². The van der Waals surface area contributed by atoms with Crippen molar-refractivity contribution in [2.45, 2.75) is 64.6 Å². The minimum Gasteiger partial charge on any atom is -0.507 e. The number of ketones is 1. The van der Waals surface area contributed by atoms with E-state index >= 15 is 0 Å². The summed E-state index contributed by atoms with van der Waals surface area (Å²) in [4.78, 5) is 13.0. The number of rotatable bonds is 3. The van der Waals surface area contributed by atoms with Crippen LogP contribution in [-0.4, -0.2) is 26.7 Å². The van der Waals surface area contributed by atoms with Gasteiger partial charge < -0.3 is 24.8 Å². The maximum Gasteiger partial charge on any atom is 0.174 e. The van der Waals surface area contributed by atoms with Gasteiger partial charge in [-0.25, -0.2) is 0 Å². The van der Waals surface area contributed by atoms with Crippen LogP contribution >= 0.6 is 0 Å². The van der Waals surface area contributed by atoms with E-state index in [1.54, 1.807) is 6.07 Å². The third-order valence-corrected chi connectivity index (χ3v) is 5.91. The minimum absolute atomic E-state index is 0.00619. The molecule has 2 aliphatic heterocycles. The average molecular weight is 424 g/mol. The maximum atomic E-state index is 13.0. The van der Waals surface area contributed by atoms with Crippen LogP contribution in [0, 0.1) is 0 Å². The van der Waals surface area contributed by atoms with E-state index in [0.717, 1.165) is 6.42 Å². The molecule has 6 nitrogen and oxygen atoms in total. The number of phenolic OH excluding ortho intramolecular Hbond substituents is 3. The van der Waals surface area contributed by atoms with Crippen molar-refractivity contribution < 1.29 is 29.6 Å². The molecule has 2 aromatic carbocycles. The molecule has 0 fully saturated rings. The summed E-state index contributed by atoms with van der Waals surface area (Å²) in [6.07, 6.45) is 2.61. The number of fused-ring (bicyclic) bond motifs is 2. The lowest BCUT2D eigenvalue weighted by atomic mass is 9.80. The molecule has 4 rings (SSSR count). The van der Waals surface area contributed by atoms with Gasteiger partial charge in [0, 0.05) is 11.6 Å². The second-order valence-corrected chi connectivity index (χ2v) is 9.23. The molecule has 2 aliphatic rings. The first-order chi connectivity index (χ1) is 14.6. The van der Waals surface area contributed by atoms with E-state index in [1.165, 1.54) is 23.8 Å². The number of carbonyl (C=O) groups excluding carboxylic acids is 1. The van der Waals surface area contributed by atoms with E-state index in [4.69, 9.17) is 9.47 Å². The van der Waals surface area contributed by atoms with Crippen molar-refractivity contribution in [3.8, 4) is 28.7 Å². The highest BCUT2D eigenvalue weighted by Crippen LogP contribution is 2.53. The molecular weight excluding hydrogens is 396 g/mol. The zero-order chi connectivity index (χ0) is 22.5. The molecule has 1 unspecified atom stereocenters. The molecule has 2 aromatic rings. The van der Waals surface area contributed by atoms with Crippen molar-refractivity contribution >= 4 is 5.78 Å². The van der Waals surface area contributed by atoms with Gasteiger partial charge in [-0.15, -0.1) is 0 Å². The van der Waals surface area contributed by atoms with Gasteiger partial charge >= 0.3 is 0 Å². The Morgan fingerprint density at radius 2 is 1.81 bits per heavy atom. The molecular formula is C25H28O6. The fourth-order valence-corrected chi connectivity index (χ4v) is 4.59. The molecule has 164 valence electrons. The van der Waals surface area contributed by atoms with Crippen molar-refractivity contribution in [3.05, 3.63) is 52.6 Å². The van der Waals surface area contributed by atoms with Crippen LogP contribution in [0.2, 0.25) is 0 Å². The number of carbonyl (C=O) groups is 1. The Labute approximate surface area is 181 Å². The SMILES string of the molecule is CC(C)=CCC1CC(C)(C)Oc2cc3c(c(O)c21)C(=O)C[C@@H](c1c(O)cccc1O)O3. The number of ether oxygens (including phenoxy) is 2. The Kier molecular flexibility index (Phi) is 5.12. The van der Waals surface area contributed by atoms with Crippen LogP contribution in [0.4, 0.5) is 0 Å². The highest BCUT2D eigenvalue weighted by atomic mass is 16.5. The first kappa shape index (κ1) is 21.1. The summed E-state index contributed by atoms with van der Waals surface area (Å²) >= 11 is 0. The normalized spacial score (nSPS) is 21.4. The summed E-state index contributed by atoms with van der Waals surface area (Å²) in [5.41, 5.74) is 1.67. The molecule has 2 atom stereocenters. The molecule has 3 N–H and O–H groups in total. The van der Waals surface area contributed by atoms with Crippen molar-refractivity contribution in [1.29, 1.82) is 0 Å². The molecule has 31 heavy (non-hydrogen) atoms. The first-order valence-electron chi connectivity index (χ1n) is 10.5. The summed E-state index contributed by atoms with van der Waals surface area (Å²) in [5.74, 6) is -0.00886. The van der Waals surface area contributed by atoms with Crippen LogP contribution < -0.4 is 9.47 Å². The second kappa shape index (κ2) is 7.52. The van der Waals surface area contributed by atoms with Crippen molar-refractivity contribution in [2.24, 2.45) is 0 Å². The summed E-state index contributed by atoms with van der Waals surface area (Å²) < 4.78 is 12.2. The van der Waals surface area contributed by atoms with Gasteiger partial charge in [-0.05, 0) is 58.6 Å². The molecule has 2 heterocycles. The van der Waals surface area contributed by atoms with Gasteiger partial charge in [0.1, 0.15) is 46.0 Å². The average Bonchev–Trinajstić information content (AvgIpc) is 2.64. The van der Waals surface area contributed by atoms with E-state index < -0.39 is 11.7 Å². The third kappa shape index (κ3) is 3.82. The largest absolute Gasteiger partial charge is 0.507 e.